The number of hydrogen-bond donors (Lipinski definition) is 1. The second-order valence-electron chi connectivity index (χ2n) is 4.84. The summed E-state index contributed by atoms with van der Waals surface area (Å²) in [5.41, 5.74) is 2.24. The van der Waals surface area contributed by atoms with Crippen molar-refractivity contribution in [1.29, 1.82) is 0 Å². The fourth-order valence-electron chi connectivity index (χ4n) is 2.60. The molecule has 1 aliphatic heterocycles. The Balaban J connectivity index is 1.91. The normalized spacial score (nSPS) is 19.1. The van der Waals surface area contributed by atoms with Crippen LogP contribution < -0.4 is 4.90 Å². The molecule has 2 aromatic rings. The summed E-state index contributed by atoms with van der Waals surface area (Å²) in [5, 5.41) is 10.2. The number of thiophene rings is 1. The van der Waals surface area contributed by atoms with Crippen molar-refractivity contribution < 1.29 is 5.11 Å². The first-order valence-corrected chi connectivity index (χ1v) is 8.11. The molecule has 1 unspecified atom stereocenters. The summed E-state index contributed by atoms with van der Waals surface area (Å²) < 4.78 is 1.17. The van der Waals surface area contributed by atoms with Crippen LogP contribution in [0.2, 0.25) is 0 Å². The molecule has 2 nitrogen and oxygen atoms in total. The van der Waals surface area contributed by atoms with Gasteiger partial charge in [0.2, 0.25) is 0 Å². The third-order valence-corrected chi connectivity index (χ3v) is 5.13. The predicted molar refractivity (Wildman–Crippen MR) is 83.7 cm³/mol. The van der Waals surface area contributed by atoms with Gasteiger partial charge in [-0.05, 0) is 47.0 Å². The van der Waals surface area contributed by atoms with Crippen molar-refractivity contribution in [2.24, 2.45) is 0 Å². The van der Waals surface area contributed by atoms with Gasteiger partial charge in [0.1, 0.15) is 0 Å². The summed E-state index contributed by atoms with van der Waals surface area (Å²) >= 11 is 5.29. The highest BCUT2D eigenvalue weighted by molar-refractivity contribution is 9.11. The summed E-state index contributed by atoms with van der Waals surface area (Å²) in [6.07, 6.45) is 1.56. The van der Waals surface area contributed by atoms with Crippen LogP contribution in [0.15, 0.2) is 40.2 Å². The number of anilines is 1. The first-order valence-electron chi connectivity index (χ1n) is 6.50. The average Bonchev–Trinajstić information content (AvgIpc) is 2.75. The van der Waals surface area contributed by atoms with Gasteiger partial charge in [-0.25, -0.2) is 0 Å². The zero-order valence-electron chi connectivity index (χ0n) is 10.6. The van der Waals surface area contributed by atoms with E-state index in [1.165, 1.54) is 14.4 Å². The van der Waals surface area contributed by atoms with Gasteiger partial charge in [-0.1, -0.05) is 18.2 Å². The Kier molecular flexibility index (Phi) is 3.91. The van der Waals surface area contributed by atoms with Crippen molar-refractivity contribution in [2.75, 3.05) is 11.4 Å². The third kappa shape index (κ3) is 2.86. The molecule has 1 aromatic carbocycles. The Bertz CT molecular complexity index is 569. The monoisotopic (exact) mass is 337 g/mol. The van der Waals surface area contributed by atoms with Gasteiger partial charge in [-0.3, -0.25) is 0 Å². The number of nitrogens with zero attached hydrogens (tertiary/aromatic N) is 1. The van der Waals surface area contributed by atoms with E-state index in [-0.39, 0.29) is 6.10 Å². The first-order chi connectivity index (χ1) is 9.24. The summed E-state index contributed by atoms with van der Waals surface area (Å²) in [6, 6.07) is 12.5. The molecular formula is C15H16BrNOS. The van der Waals surface area contributed by atoms with Crippen LogP contribution in [0.3, 0.4) is 0 Å². The fraction of sp³-hybridized carbons (Fsp3) is 0.333. The molecule has 0 aliphatic carbocycles. The Morgan fingerprint density at radius 3 is 2.89 bits per heavy atom. The van der Waals surface area contributed by atoms with E-state index in [9.17, 15) is 5.11 Å². The van der Waals surface area contributed by atoms with Crippen LogP contribution in [-0.2, 0) is 6.54 Å². The van der Waals surface area contributed by atoms with Gasteiger partial charge < -0.3 is 10.0 Å². The Morgan fingerprint density at radius 1 is 1.26 bits per heavy atom. The number of hydrogen-bond acceptors (Lipinski definition) is 3. The maximum absolute atomic E-state index is 10.2. The van der Waals surface area contributed by atoms with Crippen molar-refractivity contribution in [3.63, 3.8) is 0 Å². The van der Waals surface area contributed by atoms with Gasteiger partial charge in [-0.15, -0.1) is 11.3 Å². The van der Waals surface area contributed by atoms with E-state index in [2.05, 4.69) is 39.0 Å². The maximum atomic E-state index is 10.2. The largest absolute Gasteiger partial charge is 0.388 e. The molecule has 100 valence electrons. The van der Waals surface area contributed by atoms with Gasteiger partial charge in [0.25, 0.3) is 0 Å². The number of fused-ring (bicyclic) bond motifs is 1. The van der Waals surface area contributed by atoms with Crippen molar-refractivity contribution in [1.82, 2.24) is 0 Å². The molecule has 1 aromatic heterocycles. The number of aliphatic hydroxyl groups is 1. The SMILES string of the molecule is OC1CCCN(Cc2ccc(Br)s2)c2ccccc21. The lowest BCUT2D eigenvalue weighted by atomic mass is 10.0. The molecule has 1 N–H and O–H groups in total. The second-order valence-corrected chi connectivity index (χ2v) is 7.39. The molecule has 0 spiro atoms. The van der Waals surface area contributed by atoms with E-state index < -0.39 is 0 Å². The van der Waals surface area contributed by atoms with Crippen LogP contribution in [-0.4, -0.2) is 11.7 Å². The zero-order chi connectivity index (χ0) is 13.2. The van der Waals surface area contributed by atoms with E-state index in [1.807, 2.05) is 18.2 Å². The van der Waals surface area contributed by atoms with Crippen LogP contribution in [0.4, 0.5) is 5.69 Å². The van der Waals surface area contributed by atoms with Gasteiger partial charge in [-0.2, -0.15) is 0 Å². The van der Waals surface area contributed by atoms with Gasteiger partial charge in [0, 0.05) is 22.7 Å². The number of para-hydroxylation sites is 1. The fourth-order valence-corrected chi connectivity index (χ4v) is 4.10. The number of benzene rings is 1. The minimum absolute atomic E-state index is 0.323. The number of rotatable bonds is 2. The first kappa shape index (κ1) is 13.2. The molecule has 1 atom stereocenters. The quantitative estimate of drug-likeness (QED) is 0.880. The highest BCUT2D eigenvalue weighted by Gasteiger charge is 2.21. The smallest absolute Gasteiger partial charge is 0.0810 e. The molecule has 0 bridgehead atoms. The lowest BCUT2D eigenvalue weighted by Crippen LogP contribution is -2.22. The highest BCUT2D eigenvalue weighted by Crippen LogP contribution is 2.34. The lowest BCUT2D eigenvalue weighted by molar-refractivity contribution is 0.168. The van der Waals surface area contributed by atoms with Crippen LogP contribution >= 0.6 is 27.3 Å². The summed E-state index contributed by atoms with van der Waals surface area (Å²) in [6.45, 7) is 1.92. The van der Waals surface area contributed by atoms with Crippen molar-refractivity contribution in [3.8, 4) is 0 Å². The Labute approximate surface area is 125 Å². The van der Waals surface area contributed by atoms with Crippen molar-refractivity contribution in [3.05, 3.63) is 50.6 Å². The van der Waals surface area contributed by atoms with Gasteiger partial charge >= 0.3 is 0 Å². The second kappa shape index (κ2) is 5.65. The molecule has 0 radical (unpaired) electrons. The van der Waals surface area contributed by atoms with E-state index in [0.29, 0.717) is 0 Å². The standard InChI is InChI=1S/C15H16BrNOS/c16-15-8-7-11(19-15)10-17-9-3-6-14(18)12-4-1-2-5-13(12)17/h1-2,4-5,7-8,14,18H,3,6,9-10H2. The van der Waals surface area contributed by atoms with Crippen molar-refractivity contribution in [2.45, 2.75) is 25.5 Å². The number of aliphatic hydroxyl groups excluding tert-OH is 1. The van der Waals surface area contributed by atoms with E-state index in [4.69, 9.17) is 0 Å². The topological polar surface area (TPSA) is 23.5 Å². The molecule has 1 aliphatic rings. The molecule has 0 fully saturated rings. The van der Waals surface area contributed by atoms with Crippen molar-refractivity contribution >= 4 is 33.0 Å². The molecular weight excluding hydrogens is 322 g/mol. The molecule has 0 saturated carbocycles. The summed E-state index contributed by atoms with van der Waals surface area (Å²) in [7, 11) is 0. The molecule has 0 amide bonds. The Morgan fingerprint density at radius 2 is 2.11 bits per heavy atom. The van der Waals surface area contributed by atoms with E-state index >= 15 is 0 Å². The Hall–Kier alpha value is -0.840. The highest BCUT2D eigenvalue weighted by atomic mass is 79.9. The molecule has 19 heavy (non-hydrogen) atoms. The summed E-state index contributed by atoms with van der Waals surface area (Å²) in [5.74, 6) is 0. The predicted octanol–water partition coefficient (Wildman–Crippen LogP) is 4.34. The van der Waals surface area contributed by atoms with Crippen LogP contribution in [0.25, 0.3) is 0 Å². The minimum Gasteiger partial charge on any atom is -0.388 e. The van der Waals surface area contributed by atoms with Gasteiger partial charge in [0.05, 0.1) is 16.4 Å². The molecule has 0 saturated heterocycles. The van der Waals surface area contributed by atoms with Crippen LogP contribution in [0, 0.1) is 0 Å². The minimum atomic E-state index is -0.323. The third-order valence-electron chi connectivity index (χ3n) is 3.52. The lowest BCUT2D eigenvalue weighted by Gasteiger charge is -2.24. The molecule has 3 rings (SSSR count). The maximum Gasteiger partial charge on any atom is 0.0810 e. The molecule has 2 heterocycles. The van der Waals surface area contributed by atoms with E-state index in [0.717, 1.165) is 31.5 Å². The number of halogens is 1. The van der Waals surface area contributed by atoms with Gasteiger partial charge in [0.15, 0.2) is 0 Å². The van der Waals surface area contributed by atoms with E-state index in [1.54, 1.807) is 11.3 Å². The summed E-state index contributed by atoms with van der Waals surface area (Å²) in [4.78, 5) is 3.72. The van der Waals surface area contributed by atoms with Crippen LogP contribution in [0.1, 0.15) is 29.4 Å². The molecule has 4 heteroatoms. The zero-order valence-corrected chi connectivity index (χ0v) is 13.0. The average molecular weight is 338 g/mol. The van der Waals surface area contributed by atoms with Crippen LogP contribution in [0.5, 0.6) is 0 Å².